The molecule has 4 rings (SSSR count). The van der Waals surface area contributed by atoms with Crippen molar-refractivity contribution in [1.29, 1.82) is 0 Å². The molecule has 0 radical (unpaired) electrons. The molecule has 3 heterocycles. The lowest BCUT2D eigenvalue weighted by atomic mass is 9.92. The van der Waals surface area contributed by atoms with Crippen molar-refractivity contribution in [2.24, 2.45) is 11.8 Å². The van der Waals surface area contributed by atoms with Crippen molar-refractivity contribution in [3.05, 3.63) is 36.1 Å². The van der Waals surface area contributed by atoms with Gasteiger partial charge in [-0.15, -0.1) is 0 Å². The van der Waals surface area contributed by atoms with Gasteiger partial charge in [-0.3, -0.25) is 9.69 Å². The molecule has 0 aliphatic carbocycles. The van der Waals surface area contributed by atoms with Gasteiger partial charge in [0.15, 0.2) is 0 Å². The summed E-state index contributed by atoms with van der Waals surface area (Å²) in [4.78, 5) is 23.8. The molecule has 0 spiro atoms. The number of hydrogen-bond acceptors (Lipinski definition) is 4. The summed E-state index contributed by atoms with van der Waals surface area (Å²) in [6.45, 7) is 10.1. The van der Waals surface area contributed by atoms with Gasteiger partial charge < -0.3 is 9.80 Å². The summed E-state index contributed by atoms with van der Waals surface area (Å²) in [5, 5.41) is 0.944. The topological polar surface area (TPSA) is 39.7 Å². The van der Waals surface area contributed by atoms with Crippen LogP contribution < -0.4 is 4.90 Å². The van der Waals surface area contributed by atoms with E-state index in [-0.39, 0.29) is 11.7 Å². The van der Waals surface area contributed by atoms with E-state index in [0.29, 0.717) is 23.9 Å². The normalized spacial score (nSPS) is 24.0. The van der Waals surface area contributed by atoms with E-state index in [0.717, 1.165) is 50.5 Å². The summed E-state index contributed by atoms with van der Waals surface area (Å²) >= 11 is 0. The van der Waals surface area contributed by atoms with Crippen LogP contribution in [-0.2, 0) is 4.79 Å². The van der Waals surface area contributed by atoms with E-state index in [9.17, 15) is 9.18 Å². The second-order valence-electron chi connectivity index (χ2n) is 8.51. The molecule has 1 aromatic heterocycles. The number of amides is 1. The van der Waals surface area contributed by atoms with Crippen molar-refractivity contribution in [2.75, 3.05) is 50.7 Å². The Morgan fingerprint density at radius 2 is 1.75 bits per heavy atom. The minimum absolute atomic E-state index is 0.256. The highest BCUT2D eigenvalue weighted by Crippen LogP contribution is 2.22. The first-order chi connectivity index (χ1) is 13.5. The van der Waals surface area contributed by atoms with Crippen LogP contribution in [0.3, 0.4) is 0 Å². The molecule has 1 amide bonds. The van der Waals surface area contributed by atoms with Crippen molar-refractivity contribution >= 4 is 22.6 Å². The fourth-order valence-electron chi connectivity index (χ4n) is 4.55. The molecule has 2 aliphatic rings. The quantitative estimate of drug-likeness (QED) is 0.816. The van der Waals surface area contributed by atoms with Crippen molar-refractivity contribution < 1.29 is 9.18 Å². The third-order valence-corrected chi connectivity index (χ3v) is 5.92. The predicted molar refractivity (Wildman–Crippen MR) is 110 cm³/mol. The Labute approximate surface area is 166 Å². The van der Waals surface area contributed by atoms with E-state index in [1.54, 1.807) is 6.07 Å². The number of fused-ring (bicyclic) bond motifs is 1. The van der Waals surface area contributed by atoms with Gasteiger partial charge >= 0.3 is 0 Å². The Kier molecular flexibility index (Phi) is 5.49. The number of pyridine rings is 1. The van der Waals surface area contributed by atoms with E-state index in [2.05, 4.69) is 28.6 Å². The van der Waals surface area contributed by atoms with Gasteiger partial charge in [0, 0.05) is 50.7 Å². The molecule has 150 valence electrons. The molecule has 2 saturated heterocycles. The molecule has 0 saturated carbocycles. The van der Waals surface area contributed by atoms with E-state index in [1.165, 1.54) is 18.6 Å². The van der Waals surface area contributed by atoms with E-state index in [1.807, 2.05) is 17.0 Å². The third kappa shape index (κ3) is 4.27. The Morgan fingerprint density at radius 3 is 2.46 bits per heavy atom. The van der Waals surface area contributed by atoms with Crippen molar-refractivity contribution in [1.82, 2.24) is 14.8 Å². The molecule has 6 heteroatoms. The lowest BCUT2D eigenvalue weighted by Gasteiger charge is -2.38. The van der Waals surface area contributed by atoms with Crippen LogP contribution in [0.2, 0.25) is 0 Å². The van der Waals surface area contributed by atoms with Gasteiger partial charge in [0.2, 0.25) is 5.91 Å². The molecule has 28 heavy (non-hydrogen) atoms. The van der Waals surface area contributed by atoms with Crippen LogP contribution in [0.25, 0.3) is 10.9 Å². The average Bonchev–Trinajstić information content (AvgIpc) is 2.67. The van der Waals surface area contributed by atoms with Crippen LogP contribution in [0.1, 0.15) is 20.3 Å². The van der Waals surface area contributed by atoms with Gasteiger partial charge in [-0.25, -0.2) is 9.37 Å². The smallest absolute Gasteiger partial charge is 0.236 e. The van der Waals surface area contributed by atoms with Gasteiger partial charge in [-0.1, -0.05) is 13.8 Å². The van der Waals surface area contributed by atoms with Crippen molar-refractivity contribution in [3.8, 4) is 0 Å². The lowest BCUT2D eigenvalue weighted by Crippen LogP contribution is -2.52. The molecule has 2 atom stereocenters. The molecule has 0 bridgehead atoms. The maximum absolute atomic E-state index is 13.5. The Balaban J connectivity index is 1.34. The number of piperidine rings is 1. The Morgan fingerprint density at radius 1 is 1.07 bits per heavy atom. The van der Waals surface area contributed by atoms with Gasteiger partial charge in [0.25, 0.3) is 0 Å². The maximum atomic E-state index is 13.5. The molecular weight excluding hydrogens is 355 g/mol. The Bertz CT molecular complexity index is 840. The third-order valence-electron chi connectivity index (χ3n) is 5.92. The number of halogens is 1. The van der Waals surface area contributed by atoms with Crippen LogP contribution >= 0.6 is 0 Å². The zero-order chi connectivity index (χ0) is 19.7. The number of anilines is 1. The first kappa shape index (κ1) is 19.1. The van der Waals surface area contributed by atoms with Crippen LogP contribution in [0.4, 0.5) is 10.2 Å². The van der Waals surface area contributed by atoms with Crippen LogP contribution in [0.15, 0.2) is 30.3 Å². The maximum Gasteiger partial charge on any atom is 0.236 e. The first-order valence-corrected chi connectivity index (χ1v) is 10.3. The number of aromatic nitrogens is 1. The average molecular weight is 384 g/mol. The fourth-order valence-corrected chi connectivity index (χ4v) is 4.55. The van der Waals surface area contributed by atoms with Gasteiger partial charge in [0.1, 0.15) is 11.6 Å². The second kappa shape index (κ2) is 8.03. The first-order valence-electron chi connectivity index (χ1n) is 10.3. The fraction of sp³-hybridized carbons (Fsp3) is 0.545. The molecule has 2 fully saturated rings. The van der Waals surface area contributed by atoms with Crippen molar-refractivity contribution in [2.45, 2.75) is 20.3 Å². The van der Waals surface area contributed by atoms with Gasteiger partial charge in [0.05, 0.1) is 12.1 Å². The molecule has 1 aromatic carbocycles. The number of rotatable bonds is 3. The van der Waals surface area contributed by atoms with E-state index >= 15 is 0 Å². The number of piperazine rings is 1. The molecule has 0 N–H and O–H groups in total. The number of carbonyl (C=O) groups is 1. The van der Waals surface area contributed by atoms with Crippen molar-refractivity contribution in [3.63, 3.8) is 0 Å². The molecule has 0 unspecified atom stereocenters. The van der Waals surface area contributed by atoms with Crippen LogP contribution in [0.5, 0.6) is 0 Å². The lowest BCUT2D eigenvalue weighted by molar-refractivity contribution is -0.135. The number of carbonyl (C=O) groups excluding carboxylic acids is 1. The highest BCUT2D eigenvalue weighted by Gasteiger charge is 2.27. The summed E-state index contributed by atoms with van der Waals surface area (Å²) in [5.41, 5.74) is 0.684. The summed E-state index contributed by atoms with van der Waals surface area (Å²) in [6.07, 6.45) is 1.21. The number of likely N-dealkylation sites (tertiary alicyclic amines) is 1. The largest absolute Gasteiger partial charge is 0.354 e. The zero-order valence-electron chi connectivity index (χ0n) is 16.8. The minimum atomic E-state index is -0.262. The van der Waals surface area contributed by atoms with E-state index in [4.69, 9.17) is 0 Å². The summed E-state index contributed by atoms with van der Waals surface area (Å²) in [5.74, 6) is 2.05. The minimum Gasteiger partial charge on any atom is -0.354 e. The molecule has 5 nitrogen and oxygen atoms in total. The second-order valence-corrected chi connectivity index (χ2v) is 8.51. The highest BCUT2D eigenvalue weighted by atomic mass is 19.1. The van der Waals surface area contributed by atoms with E-state index < -0.39 is 0 Å². The highest BCUT2D eigenvalue weighted by molar-refractivity contribution is 5.80. The standard InChI is InChI=1S/C22H29FN4O/c1-16-11-17(2)14-27(13-16)22(28)15-25-7-9-26(10-8-25)21-6-4-18-3-5-19(23)12-20(18)24-21/h3-6,12,16-17H,7-11,13-15H2,1-2H3/t16-,17-/m1/s1. The van der Waals surface area contributed by atoms with Gasteiger partial charge in [-0.2, -0.15) is 0 Å². The SMILES string of the molecule is C[C@@H]1C[C@@H](C)CN(C(=O)CN2CCN(c3ccc4ccc(F)cc4n3)CC2)C1. The number of nitrogens with zero attached hydrogens (tertiary/aromatic N) is 4. The molecular formula is C22H29FN4O. The molecule has 2 aliphatic heterocycles. The summed E-state index contributed by atoms with van der Waals surface area (Å²) < 4.78 is 13.5. The Hall–Kier alpha value is -2.21. The summed E-state index contributed by atoms with van der Waals surface area (Å²) in [7, 11) is 0. The molecule has 2 aromatic rings. The zero-order valence-corrected chi connectivity index (χ0v) is 16.8. The summed E-state index contributed by atoms with van der Waals surface area (Å²) in [6, 6.07) is 8.69. The van der Waals surface area contributed by atoms with Crippen LogP contribution in [0, 0.1) is 17.7 Å². The predicted octanol–water partition coefficient (Wildman–Crippen LogP) is 3.00. The van der Waals surface area contributed by atoms with Gasteiger partial charge in [-0.05, 0) is 42.5 Å². The monoisotopic (exact) mass is 384 g/mol. The number of benzene rings is 1. The number of hydrogen-bond donors (Lipinski definition) is 0. The van der Waals surface area contributed by atoms with Crippen LogP contribution in [-0.4, -0.2) is 66.5 Å².